The van der Waals surface area contributed by atoms with Crippen LogP contribution in [0.4, 0.5) is 40.8 Å². The number of nitrogens with zero attached hydrogens (tertiary/aromatic N) is 8. The zero-order chi connectivity index (χ0) is 48.9. The maximum atomic E-state index is 13.3. The standard InChI is InChI=1S/C22H23ClF4N4O.C12H14FN3.C9H10ClF3N2O2/c1-5-17(30-13(4)19(23)21(29-30)22(25,26)27)18(32)10-14-11-28-31(20(14)12(2)3)16-8-6-15(24)7-9-16;1-8(2)12-11(14)7-15-16(12)10-5-3-9(13)4-6-10;1-3-5(8(16)17)15-4(2)6(10)7(14-15)9(11,12)13/h6-9,11-12,17H,5,10H2,1-4H3;3-8H,14H2,1-2H3;5H,3H2,1-2H3,(H,16,17). The SMILES string of the molecule is CC(C)c1c(N)cnn1-c1ccc(F)cc1.CCC(C(=O)Cc1cnn(-c2ccc(F)cc2)c1C(C)C)n1nc(C(F)(F)F)c(Cl)c1C.CCC(C(=O)O)n1nc(C(F)(F)F)c(Cl)c1C. The van der Waals surface area contributed by atoms with Crippen LogP contribution in [0.3, 0.4) is 0 Å². The fourth-order valence-corrected chi connectivity index (χ4v) is 7.39. The fourth-order valence-electron chi connectivity index (χ4n) is 6.93. The molecule has 6 rings (SSSR count). The quantitative estimate of drug-likeness (QED) is 0.115. The number of Topliss-reactive ketones (excluding diaryl/α,β-unsaturated/α-hetero) is 1. The van der Waals surface area contributed by atoms with E-state index in [4.69, 9.17) is 34.0 Å². The van der Waals surface area contributed by atoms with Crippen LogP contribution >= 0.6 is 23.2 Å². The van der Waals surface area contributed by atoms with Crippen LogP contribution in [0.25, 0.3) is 11.4 Å². The number of carbonyl (C=O) groups is 2. The van der Waals surface area contributed by atoms with Gasteiger partial charge in [-0.3, -0.25) is 14.2 Å². The maximum absolute atomic E-state index is 13.3. The molecular formula is C43H47Cl2F8N9O3. The first-order valence-corrected chi connectivity index (χ1v) is 20.8. The molecule has 4 aromatic heterocycles. The molecule has 0 aliphatic carbocycles. The molecule has 0 aliphatic heterocycles. The van der Waals surface area contributed by atoms with E-state index >= 15 is 0 Å². The van der Waals surface area contributed by atoms with Gasteiger partial charge in [0, 0.05) is 12.0 Å². The van der Waals surface area contributed by atoms with Gasteiger partial charge in [0.05, 0.1) is 62.3 Å². The summed E-state index contributed by atoms with van der Waals surface area (Å²) in [6.07, 6.45) is -5.89. The Morgan fingerprint density at radius 3 is 1.42 bits per heavy atom. The molecule has 352 valence electrons. The molecule has 0 amide bonds. The van der Waals surface area contributed by atoms with E-state index in [0.717, 1.165) is 26.4 Å². The number of hydrogen-bond acceptors (Lipinski definition) is 7. The topological polar surface area (TPSA) is 152 Å². The Hall–Kier alpha value is -5.76. The third-order valence-electron chi connectivity index (χ3n) is 10.0. The number of halogens is 10. The number of carboxylic acid groups (broad SMARTS) is 1. The molecule has 0 spiro atoms. The van der Waals surface area contributed by atoms with Gasteiger partial charge in [0.2, 0.25) is 0 Å². The number of hydrogen-bond donors (Lipinski definition) is 2. The molecule has 0 saturated carbocycles. The van der Waals surface area contributed by atoms with E-state index in [9.17, 15) is 44.7 Å². The second-order valence-electron chi connectivity index (χ2n) is 15.3. The van der Waals surface area contributed by atoms with E-state index in [1.165, 1.54) is 38.1 Å². The summed E-state index contributed by atoms with van der Waals surface area (Å²) in [5.41, 5.74) is 7.99. The number of rotatable bonds is 12. The van der Waals surface area contributed by atoms with Crippen molar-refractivity contribution < 1.29 is 49.8 Å². The van der Waals surface area contributed by atoms with Crippen LogP contribution in [0.2, 0.25) is 10.0 Å². The Bertz CT molecular complexity index is 2580. The first-order chi connectivity index (χ1) is 30.2. The molecule has 0 bridgehead atoms. The van der Waals surface area contributed by atoms with E-state index in [1.54, 1.807) is 59.9 Å². The van der Waals surface area contributed by atoms with Gasteiger partial charge in [0.25, 0.3) is 0 Å². The lowest BCUT2D eigenvalue weighted by molar-refractivity contribution is -0.144. The third-order valence-corrected chi connectivity index (χ3v) is 10.9. The van der Waals surface area contributed by atoms with Crippen molar-refractivity contribution in [3.63, 3.8) is 0 Å². The van der Waals surface area contributed by atoms with Crippen molar-refractivity contribution in [3.8, 4) is 11.4 Å². The number of carboxylic acids is 1. The summed E-state index contributed by atoms with van der Waals surface area (Å²) in [6.45, 7) is 13.9. The normalized spacial score (nSPS) is 12.7. The second-order valence-corrected chi connectivity index (χ2v) is 16.1. The summed E-state index contributed by atoms with van der Waals surface area (Å²) >= 11 is 11.4. The molecular weight excluding hydrogens is 913 g/mol. The molecule has 3 N–H and O–H groups in total. The zero-order valence-electron chi connectivity index (χ0n) is 36.4. The number of aromatic nitrogens is 8. The lowest BCUT2D eigenvalue weighted by Crippen LogP contribution is -2.24. The van der Waals surface area contributed by atoms with E-state index in [-0.39, 0.29) is 59.9 Å². The molecule has 2 aromatic carbocycles. The van der Waals surface area contributed by atoms with Crippen LogP contribution in [0.1, 0.15) is 118 Å². The number of alkyl halides is 6. The van der Waals surface area contributed by atoms with E-state index in [1.807, 2.05) is 27.7 Å². The minimum absolute atomic E-state index is 0.00626. The summed E-state index contributed by atoms with van der Waals surface area (Å²) < 4.78 is 109. The summed E-state index contributed by atoms with van der Waals surface area (Å²) in [5, 5.41) is 23.2. The Kier molecular flexibility index (Phi) is 16.8. The average molecular weight is 961 g/mol. The van der Waals surface area contributed by atoms with Crippen LogP contribution < -0.4 is 5.73 Å². The van der Waals surface area contributed by atoms with E-state index in [0.29, 0.717) is 16.9 Å². The minimum atomic E-state index is -4.71. The largest absolute Gasteiger partial charge is 0.480 e. The number of benzene rings is 2. The van der Waals surface area contributed by atoms with Crippen molar-refractivity contribution >= 4 is 40.6 Å². The van der Waals surface area contributed by atoms with E-state index in [2.05, 4.69) is 20.4 Å². The zero-order valence-corrected chi connectivity index (χ0v) is 37.9. The molecule has 22 heteroatoms. The summed E-state index contributed by atoms with van der Waals surface area (Å²) in [4.78, 5) is 24.0. The number of carbonyl (C=O) groups excluding carboxylic acids is 1. The smallest absolute Gasteiger partial charge is 0.436 e. The van der Waals surface area contributed by atoms with Crippen LogP contribution in [0.15, 0.2) is 60.9 Å². The maximum Gasteiger partial charge on any atom is 0.436 e. The number of ketones is 1. The predicted molar refractivity (Wildman–Crippen MR) is 229 cm³/mol. The molecule has 12 nitrogen and oxygen atoms in total. The highest BCUT2D eigenvalue weighted by molar-refractivity contribution is 6.32. The highest BCUT2D eigenvalue weighted by Crippen LogP contribution is 2.38. The van der Waals surface area contributed by atoms with Crippen molar-refractivity contribution in [1.29, 1.82) is 0 Å². The number of aliphatic carboxylic acids is 1. The summed E-state index contributed by atoms with van der Waals surface area (Å²) in [7, 11) is 0. The Morgan fingerprint density at radius 2 is 1.06 bits per heavy atom. The fraction of sp³-hybridized carbons (Fsp3) is 0.395. The Morgan fingerprint density at radius 1 is 0.677 bits per heavy atom. The predicted octanol–water partition coefficient (Wildman–Crippen LogP) is 11.7. The van der Waals surface area contributed by atoms with Gasteiger partial charge in [-0.25, -0.2) is 22.9 Å². The molecule has 4 heterocycles. The molecule has 65 heavy (non-hydrogen) atoms. The van der Waals surface area contributed by atoms with Crippen molar-refractivity contribution in [1.82, 2.24) is 39.1 Å². The van der Waals surface area contributed by atoms with Gasteiger partial charge in [0.15, 0.2) is 17.2 Å². The van der Waals surface area contributed by atoms with Gasteiger partial charge in [-0.2, -0.15) is 46.7 Å². The van der Waals surface area contributed by atoms with Crippen molar-refractivity contribution in [2.45, 2.75) is 111 Å². The highest BCUT2D eigenvalue weighted by Gasteiger charge is 2.41. The molecule has 2 atom stereocenters. The molecule has 6 aromatic rings. The first kappa shape index (κ1) is 51.9. The second kappa shape index (κ2) is 21.0. The molecule has 0 radical (unpaired) electrons. The van der Waals surface area contributed by atoms with Gasteiger partial charge >= 0.3 is 18.3 Å². The first-order valence-electron chi connectivity index (χ1n) is 20.1. The van der Waals surface area contributed by atoms with Gasteiger partial charge in [-0.05, 0) is 87.1 Å². The summed E-state index contributed by atoms with van der Waals surface area (Å²) in [6, 6.07) is 9.96. The van der Waals surface area contributed by atoms with Crippen molar-refractivity contribution in [2.75, 3.05) is 5.73 Å². The van der Waals surface area contributed by atoms with E-state index < -0.39 is 51.8 Å². The van der Waals surface area contributed by atoms with Crippen molar-refractivity contribution in [2.24, 2.45) is 0 Å². The lowest BCUT2D eigenvalue weighted by Gasteiger charge is -2.18. The average Bonchev–Trinajstić information content (AvgIpc) is 3.97. The van der Waals surface area contributed by atoms with Gasteiger partial charge < -0.3 is 10.8 Å². The monoisotopic (exact) mass is 959 g/mol. The summed E-state index contributed by atoms with van der Waals surface area (Å²) in [5.74, 6) is -1.92. The van der Waals surface area contributed by atoms with Gasteiger partial charge in [-0.15, -0.1) is 0 Å². The van der Waals surface area contributed by atoms with Crippen LogP contribution in [0, 0.1) is 25.5 Å². The molecule has 0 fully saturated rings. The number of anilines is 1. The lowest BCUT2D eigenvalue weighted by atomic mass is 9.98. The molecule has 2 unspecified atom stereocenters. The molecule has 0 aliphatic rings. The van der Waals surface area contributed by atoms with Crippen LogP contribution in [0.5, 0.6) is 0 Å². The van der Waals surface area contributed by atoms with Gasteiger partial charge in [-0.1, -0.05) is 64.7 Å². The third kappa shape index (κ3) is 11.9. The number of nitrogen functional groups attached to an aromatic ring is 1. The van der Waals surface area contributed by atoms with Crippen LogP contribution in [-0.4, -0.2) is 56.0 Å². The Labute approximate surface area is 378 Å². The van der Waals surface area contributed by atoms with Crippen molar-refractivity contribution in [3.05, 3.63) is 122 Å². The number of nitrogens with two attached hydrogens (primary N) is 1. The van der Waals surface area contributed by atoms with Crippen LogP contribution in [-0.2, 0) is 28.4 Å². The Balaban J connectivity index is 0.000000235. The minimum Gasteiger partial charge on any atom is -0.480 e. The van der Waals surface area contributed by atoms with Gasteiger partial charge in [0.1, 0.15) is 23.7 Å². The highest BCUT2D eigenvalue weighted by atomic mass is 35.5. The molecule has 0 saturated heterocycles.